The Hall–Kier alpha value is 0.430. The second-order valence-electron chi connectivity index (χ2n) is 2.11. The molecule has 0 aliphatic carbocycles. The van der Waals surface area contributed by atoms with Gasteiger partial charge in [0.15, 0.2) is 0 Å². The molecule has 1 aliphatic rings. The van der Waals surface area contributed by atoms with Crippen molar-refractivity contribution in [1.29, 1.82) is 0 Å². The number of amides is 1. The van der Waals surface area contributed by atoms with E-state index in [0.717, 1.165) is 6.54 Å². The van der Waals surface area contributed by atoms with Gasteiger partial charge in [-0.05, 0) is 12.5 Å². The Bertz CT molecular complexity index is 107. The minimum atomic E-state index is 0. The van der Waals surface area contributed by atoms with Crippen molar-refractivity contribution in [1.82, 2.24) is 5.32 Å². The third kappa shape index (κ3) is 2.67. The van der Waals surface area contributed by atoms with Crippen LogP contribution >= 0.6 is 0 Å². The number of hydrogen-bond donors (Lipinski definition) is 2. The summed E-state index contributed by atoms with van der Waals surface area (Å²) in [6.45, 7) is 1.40. The summed E-state index contributed by atoms with van der Waals surface area (Å²) in [5.74, 6) is 0.531. The van der Waals surface area contributed by atoms with Gasteiger partial charge in [0.1, 0.15) is 0 Å². The number of hydrogen-bond acceptors (Lipinski definition) is 2. The zero-order valence-corrected chi connectivity index (χ0v) is 4.68. The summed E-state index contributed by atoms with van der Waals surface area (Å²) >= 11 is 0. The van der Waals surface area contributed by atoms with Gasteiger partial charge in [0, 0.05) is 13.0 Å². The Morgan fingerprint density at radius 1 is 1.78 bits per heavy atom. The zero-order chi connectivity index (χ0) is 5.98. The second-order valence-corrected chi connectivity index (χ2v) is 2.11. The molecular weight excluding hydrogens is 127 g/mol. The van der Waals surface area contributed by atoms with Crippen LogP contribution in [0.25, 0.3) is 0 Å². The summed E-state index contributed by atoms with van der Waals surface area (Å²) in [6.07, 6.45) is 0.622. The van der Waals surface area contributed by atoms with E-state index in [1.807, 2.05) is 0 Å². The van der Waals surface area contributed by atoms with Gasteiger partial charge in [0.05, 0.1) is 0 Å². The van der Waals surface area contributed by atoms with Crippen molar-refractivity contribution in [2.75, 3.05) is 13.1 Å². The predicted octanol–water partition coefficient (Wildman–Crippen LogP) is -1.57. The van der Waals surface area contributed by atoms with Gasteiger partial charge in [-0.1, -0.05) is 0 Å². The van der Waals surface area contributed by atoms with Crippen LogP contribution < -0.4 is 11.1 Å². The Morgan fingerprint density at radius 2 is 2.44 bits per heavy atom. The molecule has 3 N–H and O–H groups in total. The molecule has 1 heterocycles. The summed E-state index contributed by atoms with van der Waals surface area (Å²) in [5, 5.41) is 2.70. The van der Waals surface area contributed by atoms with E-state index < -0.39 is 0 Å². The summed E-state index contributed by atoms with van der Waals surface area (Å²) in [4.78, 5) is 10.4. The van der Waals surface area contributed by atoms with E-state index >= 15 is 0 Å². The number of carbonyl (C=O) groups excluding carboxylic acids is 1. The van der Waals surface area contributed by atoms with Gasteiger partial charge in [-0.25, -0.2) is 0 Å². The van der Waals surface area contributed by atoms with Crippen LogP contribution in [-0.2, 0) is 4.79 Å². The molecule has 1 rings (SSSR count). The van der Waals surface area contributed by atoms with Crippen molar-refractivity contribution in [3.63, 3.8) is 0 Å². The van der Waals surface area contributed by atoms with E-state index in [4.69, 9.17) is 5.73 Å². The molecule has 1 unspecified atom stereocenters. The molecule has 1 saturated heterocycles. The molecule has 1 fully saturated rings. The molecule has 0 aromatic rings. The molecule has 9 heavy (non-hydrogen) atoms. The number of nitrogens with one attached hydrogen (secondary N) is 1. The SMILES string of the molecule is NCC1CNC(=O)C1.[NaH]. The van der Waals surface area contributed by atoms with Crippen molar-refractivity contribution in [3.05, 3.63) is 0 Å². The Morgan fingerprint density at radius 3 is 2.67 bits per heavy atom. The topological polar surface area (TPSA) is 55.1 Å². The maximum absolute atomic E-state index is 10.4. The third-order valence-corrected chi connectivity index (χ3v) is 1.40. The number of carbonyl (C=O) groups is 1. The van der Waals surface area contributed by atoms with E-state index in [1.54, 1.807) is 0 Å². The molecule has 1 atom stereocenters. The fourth-order valence-corrected chi connectivity index (χ4v) is 0.831. The van der Waals surface area contributed by atoms with Gasteiger partial charge >= 0.3 is 29.6 Å². The molecule has 0 aromatic carbocycles. The monoisotopic (exact) mass is 138 g/mol. The summed E-state index contributed by atoms with van der Waals surface area (Å²) in [5.41, 5.74) is 5.30. The first kappa shape index (κ1) is 9.43. The predicted molar refractivity (Wildman–Crippen MR) is 37.3 cm³/mol. The van der Waals surface area contributed by atoms with Crippen LogP contribution in [0.15, 0.2) is 0 Å². The Kier molecular flexibility index (Phi) is 4.48. The first-order valence-corrected chi connectivity index (χ1v) is 2.79. The Labute approximate surface area is 76.7 Å². The number of nitrogens with two attached hydrogens (primary N) is 1. The molecule has 1 amide bonds. The fraction of sp³-hybridized carbons (Fsp3) is 0.800. The molecule has 4 heteroatoms. The summed E-state index contributed by atoms with van der Waals surface area (Å²) < 4.78 is 0. The van der Waals surface area contributed by atoms with Gasteiger partial charge in [-0.2, -0.15) is 0 Å². The Balaban J connectivity index is 0.000000640. The standard InChI is InChI=1S/C5H10N2O.Na.H/c6-2-4-1-5(8)7-3-4;;/h4H,1-3,6H2,(H,7,8);;. The van der Waals surface area contributed by atoms with Crippen molar-refractivity contribution < 1.29 is 4.79 Å². The van der Waals surface area contributed by atoms with Crippen molar-refractivity contribution in [2.24, 2.45) is 11.7 Å². The van der Waals surface area contributed by atoms with E-state index in [0.29, 0.717) is 18.9 Å². The van der Waals surface area contributed by atoms with Crippen LogP contribution in [0.1, 0.15) is 6.42 Å². The maximum atomic E-state index is 10.4. The average Bonchev–Trinajstić information content (AvgIpc) is 2.14. The van der Waals surface area contributed by atoms with Gasteiger partial charge in [0.2, 0.25) is 5.91 Å². The molecule has 0 bridgehead atoms. The van der Waals surface area contributed by atoms with Gasteiger partial charge in [0.25, 0.3) is 0 Å². The molecule has 0 radical (unpaired) electrons. The van der Waals surface area contributed by atoms with Crippen LogP contribution in [0.5, 0.6) is 0 Å². The van der Waals surface area contributed by atoms with Gasteiger partial charge in [-0.15, -0.1) is 0 Å². The van der Waals surface area contributed by atoms with Crippen LogP contribution in [-0.4, -0.2) is 48.6 Å². The van der Waals surface area contributed by atoms with E-state index in [9.17, 15) is 4.79 Å². The molecule has 0 spiro atoms. The quantitative estimate of drug-likeness (QED) is 0.430. The van der Waals surface area contributed by atoms with Crippen LogP contribution in [0.3, 0.4) is 0 Å². The van der Waals surface area contributed by atoms with Crippen LogP contribution in [0.2, 0.25) is 0 Å². The van der Waals surface area contributed by atoms with E-state index in [-0.39, 0.29) is 35.5 Å². The fourth-order valence-electron chi connectivity index (χ4n) is 0.831. The van der Waals surface area contributed by atoms with E-state index in [2.05, 4.69) is 5.32 Å². The van der Waals surface area contributed by atoms with Gasteiger partial charge in [-0.3, -0.25) is 4.79 Å². The van der Waals surface area contributed by atoms with Crippen molar-refractivity contribution >= 4 is 35.5 Å². The molecular formula is C5H11N2NaO. The van der Waals surface area contributed by atoms with Crippen LogP contribution in [0.4, 0.5) is 0 Å². The molecule has 0 aromatic heterocycles. The molecule has 3 nitrogen and oxygen atoms in total. The van der Waals surface area contributed by atoms with Crippen molar-refractivity contribution in [3.8, 4) is 0 Å². The third-order valence-electron chi connectivity index (χ3n) is 1.40. The first-order valence-electron chi connectivity index (χ1n) is 2.79. The summed E-state index contributed by atoms with van der Waals surface area (Å²) in [7, 11) is 0. The summed E-state index contributed by atoms with van der Waals surface area (Å²) in [6, 6.07) is 0. The molecule has 0 saturated carbocycles. The normalized spacial score (nSPS) is 25.0. The van der Waals surface area contributed by atoms with Crippen molar-refractivity contribution in [2.45, 2.75) is 6.42 Å². The first-order chi connectivity index (χ1) is 3.83. The second kappa shape index (κ2) is 4.28. The van der Waals surface area contributed by atoms with Gasteiger partial charge < -0.3 is 11.1 Å². The molecule has 1 aliphatic heterocycles. The zero-order valence-electron chi connectivity index (χ0n) is 4.68. The van der Waals surface area contributed by atoms with Crippen LogP contribution in [0, 0.1) is 5.92 Å². The average molecular weight is 138 g/mol. The van der Waals surface area contributed by atoms with E-state index in [1.165, 1.54) is 0 Å². The number of rotatable bonds is 1. The molecule has 48 valence electrons. The minimum absolute atomic E-state index is 0.